The van der Waals surface area contributed by atoms with E-state index in [1.807, 2.05) is 12.1 Å². The summed E-state index contributed by atoms with van der Waals surface area (Å²) in [5.74, 6) is -0.383. The molecule has 5 nitrogen and oxygen atoms in total. The highest BCUT2D eigenvalue weighted by atomic mass is 19.1. The van der Waals surface area contributed by atoms with Gasteiger partial charge in [0.2, 0.25) is 5.91 Å². The number of rotatable bonds is 4. The molecule has 152 valence electrons. The predicted molar refractivity (Wildman–Crippen MR) is 112 cm³/mol. The molecule has 0 spiro atoms. The molecule has 1 aliphatic heterocycles. The Hall–Kier alpha value is -3.54. The van der Waals surface area contributed by atoms with Gasteiger partial charge in [-0.05, 0) is 35.4 Å². The first-order valence-electron chi connectivity index (χ1n) is 9.93. The minimum Gasteiger partial charge on any atom is -0.336 e. The van der Waals surface area contributed by atoms with Crippen molar-refractivity contribution in [1.29, 1.82) is 0 Å². The van der Waals surface area contributed by atoms with E-state index in [0.29, 0.717) is 43.7 Å². The highest BCUT2D eigenvalue weighted by molar-refractivity contribution is 5.95. The summed E-state index contributed by atoms with van der Waals surface area (Å²) < 4.78 is 14.0. The number of carbonyl (C=O) groups is 2. The number of amides is 2. The van der Waals surface area contributed by atoms with Gasteiger partial charge in [0.25, 0.3) is 5.91 Å². The summed E-state index contributed by atoms with van der Waals surface area (Å²) in [7, 11) is 0. The Morgan fingerprint density at radius 2 is 1.77 bits per heavy atom. The van der Waals surface area contributed by atoms with Gasteiger partial charge < -0.3 is 9.80 Å². The molecule has 0 saturated carbocycles. The van der Waals surface area contributed by atoms with Gasteiger partial charge in [0, 0.05) is 56.1 Å². The maximum atomic E-state index is 14.0. The van der Waals surface area contributed by atoms with Crippen LogP contribution in [0.15, 0.2) is 73.1 Å². The molecule has 1 saturated heterocycles. The third kappa shape index (κ3) is 4.38. The molecule has 0 unspecified atom stereocenters. The first kappa shape index (κ1) is 19.8. The Bertz CT molecular complexity index is 1040. The van der Waals surface area contributed by atoms with Gasteiger partial charge in [-0.15, -0.1) is 0 Å². The Morgan fingerprint density at radius 1 is 0.967 bits per heavy atom. The second kappa shape index (κ2) is 8.86. The average Bonchev–Trinajstić information content (AvgIpc) is 2.96. The zero-order valence-electron chi connectivity index (χ0n) is 16.5. The smallest absolute Gasteiger partial charge is 0.253 e. The third-order valence-electron chi connectivity index (χ3n) is 5.29. The zero-order chi connectivity index (χ0) is 20.9. The van der Waals surface area contributed by atoms with Crippen LogP contribution in [0.1, 0.15) is 22.3 Å². The Labute approximate surface area is 174 Å². The molecule has 6 heteroatoms. The van der Waals surface area contributed by atoms with Crippen molar-refractivity contribution >= 4 is 11.8 Å². The topological polar surface area (TPSA) is 53.5 Å². The Morgan fingerprint density at radius 3 is 2.50 bits per heavy atom. The lowest BCUT2D eigenvalue weighted by atomic mass is 10.0. The molecule has 1 aromatic heterocycles. The van der Waals surface area contributed by atoms with Crippen LogP contribution in [0.3, 0.4) is 0 Å². The quantitative estimate of drug-likeness (QED) is 0.667. The summed E-state index contributed by atoms with van der Waals surface area (Å²) in [5.41, 5.74) is 2.72. The molecule has 1 aliphatic rings. The van der Waals surface area contributed by atoms with E-state index in [9.17, 15) is 14.0 Å². The average molecular weight is 403 g/mol. The van der Waals surface area contributed by atoms with Crippen molar-refractivity contribution < 1.29 is 14.0 Å². The fraction of sp³-hybridized carbons (Fsp3) is 0.208. The minimum absolute atomic E-state index is 0.0315. The molecule has 2 aromatic carbocycles. The molecular weight excluding hydrogens is 381 g/mol. The van der Waals surface area contributed by atoms with Crippen LogP contribution in [0, 0.1) is 5.82 Å². The van der Waals surface area contributed by atoms with Gasteiger partial charge in [0.05, 0.1) is 0 Å². The van der Waals surface area contributed by atoms with E-state index in [1.165, 1.54) is 6.07 Å². The molecule has 3 aromatic rings. The van der Waals surface area contributed by atoms with Crippen molar-refractivity contribution in [2.75, 3.05) is 19.6 Å². The fourth-order valence-corrected chi connectivity index (χ4v) is 3.62. The lowest BCUT2D eigenvalue weighted by Gasteiger charge is -2.22. The van der Waals surface area contributed by atoms with E-state index in [4.69, 9.17) is 0 Å². The molecule has 0 N–H and O–H groups in total. The van der Waals surface area contributed by atoms with E-state index >= 15 is 0 Å². The van der Waals surface area contributed by atoms with Crippen LogP contribution in [0.4, 0.5) is 4.39 Å². The number of benzene rings is 2. The van der Waals surface area contributed by atoms with Crippen LogP contribution < -0.4 is 0 Å². The summed E-state index contributed by atoms with van der Waals surface area (Å²) in [4.78, 5) is 33.0. The van der Waals surface area contributed by atoms with Crippen LogP contribution in [0.2, 0.25) is 0 Å². The molecule has 4 rings (SSSR count). The van der Waals surface area contributed by atoms with Crippen molar-refractivity contribution in [2.45, 2.75) is 13.0 Å². The standard InChI is InChI=1S/C24H22FN3O2/c25-22-6-2-1-5-21(22)19-7-9-20(10-8-19)24(30)27-13-11-23(29)28(15-14-27)17-18-4-3-12-26-16-18/h1-10,12,16H,11,13-15,17H2. The van der Waals surface area contributed by atoms with Crippen LogP contribution >= 0.6 is 0 Å². The number of nitrogens with zero attached hydrogens (tertiary/aromatic N) is 3. The predicted octanol–water partition coefficient (Wildman–Crippen LogP) is 3.76. The van der Waals surface area contributed by atoms with Gasteiger partial charge in [0.1, 0.15) is 5.82 Å². The lowest BCUT2D eigenvalue weighted by molar-refractivity contribution is -0.130. The van der Waals surface area contributed by atoms with Crippen LogP contribution in [-0.4, -0.2) is 46.2 Å². The molecule has 0 bridgehead atoms. The molecule has 30 heavy (non-hydrogen) atoms. The van der Waals surface area contributed by atoms with Gasteiger partial charge in [0.15, 0.2) is 0 Å². The second-order valence-corrected chi connectivity index (χ2v) is 7.28. The molecule has 0 aliphatic carbocycles. The first-order valence-corrected chi connectivity index (χ1v) is 9.93. The van der Waals surface area contributed by atoms with Gasteiger partial charge in [-0.3, -0.25) is 14.6 Å². The zero-order valence-corrected chi connectivity index (χ0v) is 16.5. The Kier molecular flexibility index (Phi) is 5.84. The monoisotopic (exact) mass is 403 g/mol. The maximum Gasteiger partial charge on any atom is 0.253 e. The number of pyridine rings is 1. The third-order valence-corrected chi connectivity index (χ3v) is 5.29. The first-order chi connectivity index (χ1) is 14.6. The van der Waals surface area contributed by atoms with Crippen molar-refractivity contribution in [3.05, 3.63) is 90.0 Å². The van der Waals surface area contributed by atoms with Gasteiger partial charge in [-0.1, -0.05) is 36.4 Å². The fourth-order valence-electron chi connectivity index (χ4n) is 3.62. The molecule has 0 radical (unpaired) electrons. The number of halogens is 1. The number of carbonyl (C=O) groups excluding carboxylic acids is 2. The summed E-state index contributed by atoms with van der Waals surface area (Å²) in [5, 5.41) is 0. The van der Waals surface area contributed by atoms with Crippen LogP contribution in [-0.2, 0) is 11.3 Å². The SMILES string of the molecule is O=C1CCN(C(=O)c2ccc(-c3ccccc3F)cc2)CCN1Cc1cccnc1. The van der Waals surface area contributed by atoms with Crippen molar-refractivity contribution in [1.82, 2.24) is 14.8 Å². The number of hydrogen-bond acceptors (Lipinski definition) is 3. The largest absolute Gasteiger partial charge is 0.336 e. The van der Waals surface area contributed by atoms with E-state index in [0.717, 1.165) is 11.1 Å². The maximum absolute atomic E-state index is 14.0. The van der Waals surface area contributed by atoms with Crippen molar-refractivity contribution in [3.8, 4) is 11.1 Å². The van der Waals surface area contributed by atoms with Gasteiger partial charge >= 0.3 is 0 Å². The number of hydrogen-bond donors (Lipinski definition) is 0. The Balaban J connectivity index is 1.43. The summed E-state index contributed by atoms with van der Waals surface area (Å²) in [6, 6.07) is 17.3. The highest BCUT2D eigenvalue weighted by Crippen LogP contribution is 2.23. The normalized spacial score (nSPS) is 14.5. The highest BCUT2D eigenvalue weighted by Gasteiger charge is 2.24. The summed E-state index contributed by atoms with van der Waals surface area (Å²) in [6.45, 7) is 1.83. The summed E-state index contributed by atoms with van der Waals surface area (Å²) >= 11 is 0. The second-order valence-electron chi connectivity index (χ2n) is 7.28. The van der Waals surface area contributed by atoms with Crippen molar-refractivity contribution in [2.24, 2.45) is 0 Å². The van der Waals surface area contributed by atoms with Gasteiger partial charge in [-0.25, -0.2) is 4.39 Å². The van der Waals surface area contributed by atoms with E-state index < -0.39 is 0 Å². The summed E-state index contributed by atoms with van der Waals surface area (Å²) in [6.07, 6.45) is 3.74. The number of aromatic nitrogens is 1. The molecule has 0 atom stereocenters. The molecule has 1 fully saturated rings. The lowest BCUT2D eigenvalue weighted by Crippen LogP contribution is -2.35. The van der Waals surface area contributed by atoms with E-state index in [-0.39, 0.29) is 17.6 Å². The molecule has 2 amide bonds. The van der Waals surface area contributed by atoms with Crippen molar-refractivity contribution in [3.63, 3.8) is 0 Å². The molecular formula is C24H22FN3O2. The van der Waals surface area contributed by atoms with E-state index in [2.05, 4.69) is 4.98 Å². The van der Waals surface area contributed by atoms with Gasteiger partial charge in [-0.2, -0.15) is 0 Å². The van der Waals surface area contributed by atoms with Crippen LogP contribution in [0.5, 0.6) is 0 Å². The minimum atomic E-state index is -0.295. The van der Waals surface area contributed by atoms with E-state index in [1.54, 1.807) is 64.7 Å². The molecule has 2 heterocycles. The van der Waals surface area contributed by atoms with Crippen LogP contribution in [0.25, 0.3) is 11.1 Å².